The lowest BCUT2D eigenvalue weighted by atomic mass is 10.2. The molecule has 3 heterocycles. The van der Waals surface area contributed by atoms with Crippen LogP contribution in [0.3, 0.4) is 0 Å². The Balaban J connectivity index is 2.22. The number of rotatable bonds is 0. The van der Waals surface area contributed by atoms with Gasteiger partial charge in [-0.15, -0.1) is 0 Å². The fourth-order valence-corrected chi connectivity index (χ4v) is 2.09. The second-order valence-corrected chi connectivity index (χ2v) is 4.07. The van der Waals surface area contributed by atoms with E-state index in [9.17, 15) is 18.0 Å². The van der Waals surface area contributed by atoms with Gasteiger partial charge < -0.3 is 9.88 Å². The number of aromatic nitrogens is 2. The number of alkyl halides is 3. The third-order valence-electron chi connectivity index (χ3n) is 2.91. The molecule has 0 atom stereocenters. The van der Waals surface area contributed by atoms with Gasteiger partial charge in [-0.1, -0.05) is 0 Å². The van der Waals surface area contributed by atoms with Crippen molar-refractivity contribution in [1.82, 2.24) is 14.9 Å². The quantitative estimate of drug-likeness (QED) is 0.780. The second kappa shape index (κ2) is 3.47. The van der Waals surface area contributed by atoms with E-state index >= 15 is 0 Å². The minimum atomic E-state index is -4.42. The van der Waals surface area contributed by atoms with Gasteiger partial charge >= 0.3 is 6.18 Å². The average molecular weight is 255 g/mol. The monoisotopic (exact) mass is 255 g/mol. The Morgan fingerprint density at radius 1 is 1.33 bits per heavy atom. The average Bonchev–Trinajstić information content (AvgIpc) is 2.67. The van der Waals surface area contributed by atoms with Crippen LogP contribution in [0.2, 0.25) is 0 Å². The second-order valence-electron chi connectivity index (χ2n) is 4.07. The first kappa shape index (κ1) is 11.1. The summed E-state index contributed by atoms with van der Waals surface area (Å²) in [5, 5.41) is 2.96. The summed E-state index contributed by atoms with van der Waals surface area (Å²) in [6.07, 6.45) is -3.63. The smallest absolute Gasteiger partial charge is 0.349 e. The first-order valence-electron chi connectivity index (χ1n) is 5.31. The van der Waals surface area contributed by atoms with Crippen LogP contribution in [0.1, 0.15) is 16.1 Å². The van der Waals surface area contributed by atoms with Crippen LogP contribution in [0, 0.1) is 0 Å². The molecule has 2 aromatic rings. The number of fused-ring (bicyclic) bond motifs is 3. The number of amides is 1. The predicted octanol–water partition coefficient (Wildman–Crippen LogP) is 1.80. The van der Waals surface area contributed by atoms with Crippen molar-refractivity contribution < 1.29 is 18.0 Å². The number of halogens is 3. The molecule has 18 heavy (non-hydrogen) atoms. The normalized spacial score (nSPS) is 15.6. The fourth-order valence-electron chi connectivity index (χ4n) is 2.09. The van der Waals surface area contributed by atoms with Crippen LogP contribution in [-0.2, 0) is 12.7 Å². The fraction of sp³-hybridized carbons (Fsp3) is 0.273. The highest BCUT2D eigenvalue weighted by Crippen LogP contribution is 2.31. The Bertz CT molecular complexity index is 645. The van der Waals surface area contributed by atoms with Crippen molar-refractivity contribution in [2.75, 3.05) is 6.54 Å². The molecule has 1 N–H and O–H groups in total. The van der Waals surface area contributed by atoms with E-state index in [0.29, 0.717) is 29.8 Å². The van der Waals surface area contributed by atoms with Gasteiger partial charge in [-0.2, -0.15) is 13.2 Å². The van der Waals surface area contributed by atoms with Crippen molar-refractivity contribution in [2.45, 2.75) is 12.7 Å². The van der Waals surface area contributed by atoms with Gasteiger partial charge in [-0.3, -0.25) is 4.79 Å². The lowest BCUT2D eigenvalue weighted by Gasteiger charge is -2.15. The molecule has 0 fully saturated rings. The lowest BCUT2D eigenvalue weighted by Crippen LogP contribution is -2.34. The van der Waals surface area contributed by atoms with Gasteiger partial charge in [0.25, 0.3) is 5.91 Å². The SMILES string of the molecule is O=C1NCCn2c1cc1cc(C(F)(F)F)cnc12. The Labute approximate surface area is 99.4 Å². The zero-order valence-electron chi connectivity index (χ0n) is 9.08. The summed E-state index contributed by atoms with van der Waals surface area (Å²) in [5.74, 6) is -0.284. The molecule has 7 heteroatoms. The number of pyridine rings is 1. The van der Waals surface area contributed by atoms with E-state index in [2.05, 4.69) is 10.3 Å². The maximum Gasteiger partial charge on any atom is 0.417 e. The number of nitrogens with zero attached hydrogens (tertiary/aromatic N) is 2. The number of carbonyl (C=O) groups excluding carboxylic acids is 1. The maximum absolute atomic E-state index is 12.5. The maximum atomic E-state index is 12.5. The summed E-state index contributed by atoms with van der Waals surface area (Å²) >= 11 is 0. The highest BCUT2D eigenvalue weighted by Gasteiger charge is 2.32. The number of hydrogen-bond donors (Lipinski definition) is 1. The predicted molar refractivity (Wildman–Crippen MR) is 57.1 cm³/mol. The molecule has 1 aliphatic heterocycles. The molecular weight excluding hydrogens is 247 g/mol. The van der Waals surface area contributed by atoms with Crippen LogP contribution in [-0.4, -0.2) is 22.0 Å². The van der Waals surface area contributed by atoms with E-state index in [1.165, 1.54) is 6.07 Å². The molecule has 0 aliphatic carbocycles. The van der Waals surface area contributed by atoms with E-state index in [0.717, 1.165) is 12.3 Å². The van der Waals surface area contributed by atoms with Crippen molar-refractivity contribution in [3.05, 3.63) is 29.6 Å². The summed E-state index contributed by atoms with van der Waals surface area (Å²) in [7, 11) is 0. The van der Waals surface area contributed by atoms with Gasteiger partial charge in [0.15, 0.2) is 0 Å². The van der Waals surface area contributed by atoms with Crippen molar-refractivity contribution in [3.63, 3.8) is 0 Å². The third kappa shape index (κ3) is 1.54. The number of hydrogen-bond acceptors (Lipinski definition) is 2. The molecule has 4 nitrogen and oxygen atoms in total. The Morgan fingerprint density at radius 3 is 2.83 bits per heavy atom. The summed E-state index contributed by atoms with van der Waals surface area (Å²) in [5.41, 5.74) is -0.0470. The van der Waals surface area contributed by atoms with E-state index < -0.39 is 11.7 Å². The van der Waals surface area contributed by atoms with Crippen molar-refractivity contribution in [1.29, 1.82) is 0 Å². The topological polar surface area (TPSA) is 46.9 Å². The summed E-state index contributed by atoms with van der Waals surface area (Å²) in [6.45, 7) is 0.973. The van der Waals surface area contributed by atoms with E-state index in [1.807, 2.05) is 0 Å². The molecule has 2 aromatic heterocycles. The first-order valence-corrected chi connectivity index (χ1v) is 5.31. The van der Waals surface area contributed by atoms with Gasteiger partial charge in [0.2, 0.25) is 0 Å². The van der Waals surface area contributed by atoms with Crippen molar-refractivity contribution in [3.8, 4) is 0 Å². The van der Waals surface area contributed by atoms with Crippen LogP contribution >= 0.6 is 0 Å². The van der Waals surface area contributed by atoms with Crippen LogP contribution in [0.5, 0.6) is 0 Å². The Morgan fingerprint density at radius 2 is 2.11 bits per heavy atom. The molecule has 94 valence electrons. The number of nitrogens with one attached hydrogen (secondary N) is 1. The summed E-state index contributed by atoms with van der Waals surface area (Å²) in [4.78, 5) is 15.4. The lowest BCUT2D eigenvalue weighted by molar-refractivity contribution is -0.137. The Hall–Kier alpha value is -2.05. The highest BCUT2D eigenvalue weighted by molar-refractivity contribution is 5.98. The minimum Gasteiger partial charge on any atom is -0.349 e. The zero-order chi connectivity index (χ0) is 12.9. The first-order chi connectivity index (χ1) is 8.47. The third-order valence-corrected chi connectivity index (χ3v) is 2.91. The molecule has 0 saturated heterocycles. The van der Waals surface area contributed by atoms with Crippen LogP contribution in [0.4, 0.5) is 13.2 Å². The van der Waals surface area contributed by atoms with Crippen molar-refractivity contribution >= 4 is 16.9 Å². The standard InChI is InChI=1S/C11H8F3N3O/c12-11(13,14)7-3-6-4-8-10(18)15-1-2-17(8)9(6)16-5-7/h3-5H,1-2H2,(H,15,18). The van der Waals surface area contributed by atoms with E-state index in [-0.39, 0.29) is 5.91 Å². The van der Waals surface area contributed by atoms with Crippen molar-refractivity contribution in [2.24, 2.45) is 0 Å². The minimum absolute atomic E-state index is 0.284. The molecule has 3 rings (SSSR count). The molecule has 0 spiro atoms. The number of carbonyl (C=O) groups is 1. The van der Waals surface area contributed by atoms with Crippen LogP contribution in [0.15, 0.2) is 18.3 Å². The van der Waals surface area contributed by atoms with E-state index in [4.69, 9.17) is 0 Å². The Kier molecular flexibility index (Phi) is 2.13. The van der Waals surface area contributed by atoms with Crippen LogP contribution < -0.4 is 5.32 Å². The van der Waals surface area contributed by atoms with Gasteiger partial charge in [0.05, 0.1) is 5.56 Å². The molecule has 0 aromatic carbocycles. The van der Waals surface area contributed by atoms with Gasteiger partial charge in [-0.25, -0.2) is 4.98 Å². The van der Waals surface area contributed by atoms with Gasteiger partial charge in [0, 0.05) is 24.7 Å². The van der Waals surface area contributed by atoms with E-state index in [1.54, 1.807) is 4.57 Å². The molecule has 0 radical (unpaired) electrons. The summed E-state index contributed by atoms with van der Waals surface area (Å²) < 4.78 is 39.3. The molecule has 0 unspecified atom stereocenters. The molecule has 0 bridgehead atoms. The van der Waals surface area contributed by atoms with Crippen LogP contribution in [0.25, 0.3) is 11.0 Å². The van der Waals surface area contributed by atoms with Gasteiger partial charge in [-0.05, 0) is 12.1 Å². The van der Waals surface area contributed by atoms with Gasteiger partial charge in [0.1, 0.15) is 11.3 Å². The highest BCUT2D eigenvalue weighted by atomic mass is 19.4. The molecule has 1 aliphatic rings. The summed E-state index contributed by atoms with van der Waals surface area (Å²) in [6, 6.07) is 2.45. The largest absolute Gasteiger partial charge is 0.417 e. The zero-order valence-corrected chi connectivity index (χ0v) is 9.08. The molecular formula is C11H8F3N3O. The molecule has 0 saturated carbocycles. The molecule has 1 amide bonds.